The van der Waals surface area contributed by atoms with Gasteiger partial charge in [0.15, 0.2) is 0 Å². The maximum absolute atomic E-state index is 13.0. The molecule has 1 fully saturated rings. The van der Waals surface area contributed by atoms with Gasteiger partial charge in [-0.3, -0.25) is 4.79 Å². The number of rotatable bonds is 6. The average molecular weight is 326 g/mol. The van der Waals surface area contributed by atoms with Crippen molar-refractivity contribution in [3.8, 4) is 0 Å². The fourth-order valence-electron chi connectivity index (χ4n) is 3.29. The first-order valence-corrected chi connectivity index (χ1v) is 8.75. The predicted molar refractivity (Wildman–Crippen MR) is 94.9 cm³/mol. The van der Waals surface area contributed by atoms with Crippen LogP contribution in [0.1, 0.15) is 47.4 Å². The summed E-state index contributed by atoms with van der Waals surface area (Å²) in [5, 5.41) is 3.39. The molecule has 1 aliphatic heterocycles. The molecule has 2 aromatic rings. The van der Waals surface area contributed by atoms with Crippen molar-refractivity contribution >= 4 is 5.91 Å². The van der Waals surface area contributed by atoms with Gasteiger partial charge in [0, 0.05) is 38.1 Å². The standard InChI is InChI=1S/C19H26N4O/c1-3-10-23(14-18-21-9-11-22(18)2)19(24)16-6-4-5-15(12-16)17-7-8-20-13-17/h4-6,9,11-12,17,20H,3,7-8,10,13-14H2,1-2H3/t17-/m0/s1. The lowest BCUT2D eigenvalue weighted by Gasteiger charge is -2.22. The largest absolute Gasteiger partial charge is 0.337 e. The van der Waals surface area contributed by atoms with Crippen molar-refractivity contribution in [2.24, 2.45) is 7.05 Å². The summed E-state index contributed by atoms with van der Waals surface area (Å²) in [6.07, 6.45) is 5.77. The molecule has 1 aromatic carbocycles. The van der Waals surface area contributed by atoms with Gasteiger partial charge in [-0.2, -0.15) is 0 Å². The Morgan fingerprint density at radius 3 is 3.00 bits per heavy atom. The quantitative estimate of drug-likeness (QED) is 0.887. The van der Waals surface area contributed by atoms with E-state index in [-0.39, 0.29) is 5.91 Å². The number of carbonyl (C=O) groups excluding carboxylic acids is 1. The van der Waals surface area contributed by atoms with Gasteiger partial charge in [-0.05, 0) is 43.0 Å². The van der Waals surface area contributed by atoms with Gasteiger partial charge in [-0.15, -0.1) is 0 Å². The van der Waals surface area contributed by atoms with Crippen LogP contribution in [-0.4, -0.2) is 40.0 Å². The third-order valence-electron chi connectivity index (χ3n) is 4.70. The van der Waals surface area contributed by atoms with Crippen molar-refractivity contribution < 1.29 is 4.79 Å². The Morgan fingerprint density at radius 2 is 2.33 bits per heavy atom. The fraction of sp³-hybridized carbons (Fsp3) is 0.474. The number of imidazole rings is 1. The molecule has 5 heteroatoms. The average Bonchev–Trinajstić information content (AvgIpc) is 3.26. The van der Waals surface area contributed by atoms with E-state index in [4.69, 9.17) is 0 Å². The number of hydrogen-bond acceptors (Lipinski definition) is 3. The Kier molecular flexibility index (Phi) is 5.30. The summed E-state index contributed by atoms with van der Waals surface area (Å²) in [5.74, 6) is 1.52. The maximum Gasteiger partial charge on any atom is 0.254 e. The molecule has 0 aliphatic carbocycles. The van der Waals surface area contributed by atoms with Gasteiger partial charge >= 0.3 is 0 Å². The number of nitrogens with one attached hydrogen (secondary N) is 1. The van der Waals surface area contributed by atoms with Gasteiger partial charge < -0.3 is 14.8 Å². The van der Waals surface area contributed by atoms with E-state index in [1.807, 2.05) is 34.8 Å². The molecule has 0 spiro atoms. The summed E-state index contributed by atoms with van der Waals surface area (Å²) < 4.78 is 1.97. The van der Waals surface area contributed by atoms with Crippen molar-refractivity contribution in [3.63, 3.8) is 0 Å². The van der Waals surface area contributed by atoms with E-state index < -0.39 is 0 Å². The van der Waals surface area contributed by atoms with Crippen LogP contribution in [0.2, 0.25) is 0 Å². The predicted octanol–water partition coefficient (Wildman–Crippen LogP) is 2.55. The van der Waals surface area contributed by atoms with Gasteiger partial charge in [0.25, 0.3) is 5.91 Å². The lowest BCUT2D eigenvalue weighted by Crippen LogP contribution is -2.32. The highest BCUT2D eigenvalue weighted by molar-refractivity contribution is 5.94. The molecule has 24 heavy (non-hydrogen) atoms. The van der Waals surface area contributed by atoms with E-state index >= 15 is 0 Å². The Bertz CT molecular complexity index is 688. The molecule has 0 saturated carbocycles. The Balaban J connectivity index is 1.79. The molecule has 128 valence electrons. The molecule has 3 rings (SSSR count). The number of nitrogens with zero attached hydrogens (tertiary/aromatic N) is 3. The summed E-state index contributed by atoms with van der Waals surface area (Å²) in [7, 11) is 1.96. The highest BCUT2D eigenvalue weighted by Gasteiger charge is 2.20. The highest BCUT2D eigenvalue weighted by Crippen LogP contribution is 2.23. The number of hydrogen-bond donors (Lipinski definition) is 1. The van der Waals surface area contributed by atoms with Gasteiger partial charge in [0.1, 0.15) is 5.82 Å². The molecule has 0 unspecified atom stereocenters. The molecule has 1 amide bonds. The zero-order chi connectivity index (χ0) is 16.9. The number of aromatic nitrogens is 2. The molecule has 0 bridgehead atoms. The SMILES string of the molecule is CCCN(Cc1nccn1C)C(=O)c1cccc([C@H]2CCNC2)c1. The lowest BCUT2D eigenvalue weighted by molar-refractivity contribution is 0.0737. The molecule has 1 aromatic heterocycles. The fourth-order valence-corrected chi connectivity index (χ4v) is 3.29. The van der Waals surface area contributed by atoms with E-state index in [9.17, 15) is 4.79 Å². The third-order valence-corrected chi connectivity index (χ3v) is 4.70. The second-order valence-corrected chi connectivity index (χ2v) is 6.50. The van der Waals surface area contributed by atoms with E-state index in [1.165, 1.54) is 5.56 Å². The van der Waals surface area contributed by atoms with Crippen molar-refractivity contribution in [1.29, 1.82) is 0 Å². The molecule has 1 N–H and O–H groups in total. The minimum Gasteiger partial charge on any atom is -0.337 e. The minimum atomic E-state index is 0.0904. The summed E-state index contributed by atoms with van der Waals surface area (Å²) in [6.45, 7) is 5.44. The van der Waals surface area contributed by atoms with Gasteiger partial charge in [0.05, 0.1) is 6.54 Å². The Hall–Kier alpha value is -2.14. The molecule has 1 atom stereocenters. The van der Waals surface area contributed by atoms with Crippen molar-refractivity contribution in [2.75, 3.05) is 19.6 Å². The van der Waals surface area contributed by atoms with Gasteiger partial charge in [0.2, 0.25) is 0 Å². The third kappa shape index (κ3) is 3.67. The summed E-state index contributed by atoms with van der Waals surface area (Å²) >= 11 is 0. The summed E-state index contributed by atoms with van der Waals surface area (Å²) in [5.41, 5.74) is 2.04. The van der Waals surface area contributed by atoms with Crippen LogP contribution in [-0.2, 0) is 13.6 Å². The minimum absolute atomic E-state index is 0.0904. The first kappa shape index (κ1) is 16.7. The molecule has 2 heterocycles. The Morgan fingerprint density at radius 1 is 1.46 bits per heavy atom. The summed E-state index contributed by atoms with van der Waals surface area (Å²) in [4.78, 5) is 19.3. The number of amides is 1. The molecular weight excluding hydrogens is 300 g/mol. The van der Waals surface area contributed by atoms with Gasteiger partial charge in [-0.25, -0.2) is 4.98 Å². The Labute approximate surface area is 143 Å². The van der Waals surface area contributed by atoms with Crippen LogP contribution in [0, 0.1) is 0 Å². The first-order chi connectivity index (χ1) is 11.7. The van der Waals surface area contributed by atoms with E-state index in [0.29, 0.717) is 12.5 Å². The van der Waals surface area contributed by atoms with E-state index in [2.05, 4.69) is 29.4 Å². The number of benzene rings is 1. The monoisotopic (exact) mass is 326 g/mol. The highest BCUT2D eigenvalue weighted by atomic mass is 16.2. The van der Waals surface area contributed by atoms with Crippen LogP contribution in [0.5, 0.6) is 0 Å². The molecule has 5 nitrogen and oxygen atoms in total. The van der Waals surface area contributed by atoms with Crippen LogP contribution in [0.15, 0.2) is 36.7 Å². The molecule has 1 saturated heterocycles. The smallest absolute Gasteiger partial charge is 0.254 e. The second-order valence-electron chi connectivity index (χ2n) is 6.50. The van der Waals surface area contributed by atoms with Crippen LogP contribution in [0.3, 0.4) is 0 Å². The van der Waals surface area contributed by atoms with E-state index in [0.717, 1.165) is 43.9 Å². The van der Waals surface area contributed by atoms with Crippen molar-refractivity contribution in [2.45, 2.75) is 32.2 Å². The van der Waals surface area contributed by atoms with Crippen LogP contribution in [0.4, 0.5) is 0 Å². The van der Waals surface area contributed by atoms with Crippen molar-refractivity contribution in [3.05, 3.63) is 53.6 Å². The molecule has 0 radical (unpaired) electrons. The topological polar surface area (TPSA) is 50.2 Å². The normalized spacial score (nSPS) is 17.2. The summed E-state index contributed by atoms with van der Waals surface area (Å²) in [6, 6.07) is 8.14. The molecule has 1 aliphatic rings. The maximum atomic E-state index is 13.0. The van der Waals surface area contributed by atoms with Crippen LogP contribution >= 0.6 is 0 Å². The zero-order valence-corrected chi connectivity index (χ0v) is 14.5. The molecular formula is C19H26N4O. The second kappa shape index (κ2) is 7.62. The lowest BCUT2D eigenvalue weighted by atomic mass is 9.96. The van der Waals surface area contributed by atoms with Gasteiger partial charge in [-0.1, -0.05) is 19.1 Å². The number of carbonyl (C=O) groups is 1. The first-order valence-electron chi connectivity index (χ1n) is 8.75. The van der Waals surface area contributed by atoms with Crippen molar-refractivity contribution in [1.82, 2.24) is 19.8 Å². The van der Waals surface area contributed by atoms with E-state index in [1.54, 1.807) is 6.20 Å². The zero-order valence-electron chi connectivity index (χ0n) is 14.5. The van der Waals surface area contributed by atoms with Crippen LogP contribution < -0.4 is 5.32 Å². The van der Waals surface area contributed by atoms with Crippen LogP contribution in [0.25, 0.3) is 0 Å². The number of aryl methyl sites for hydroxylation is 1.